The third-order valence-corrected chi connectivity index (χ3v) is 9.24. The van der Waals surface area contributed by atoms with E-state index >= 15 is 0 Å². The fraction of sp³-hybridized carbons (Fsp3) is 0.200. The average Bonchev–Trinajstić information content (AvgIpc) is 3.37. The smallest absolute Gasteiger partial charge is 0.0806 e. The quantitative estimate of drug-likeness (QED) is 0.139. The van der Waals surface area contributed by atoms with Gasteiger partial charge in [0.2, 0.25) is 0 Å². The van der Waals surface area contributed by atoms with Crippen LogP contribution in [0.5, 0.6) is 0 Å². The Labute approximate surface area is 222 Å². The van der Waals surface area contributed by atoms with Crippen LogP contribution in [-0.2, 0) is 25.7 Å². The first-order chi connectivity index (χ1) is 15.2. The molecule has 0 spiro atoms. The average molecular weight is 592 g/mol. The maximum atomic E-state index is 6.51. The molecule has 0 radical (unpaired) electrons. The molecule has 0 aromatic carbocycles. The molecule has 4 N–H and O–H groups in total. The summed E-state index contributed by atoms with van der Waals surface area (Å²) in [6, 6.07) is 0. The van der Waals surface area contributed by atoms with Gasteiger partial charge in [-0.25, -0.2) is 0 Å². The molecule has 4 aromatic heterocycles. The van der Waals surface area contributed by atoms with Crippen LogP contribution < -0.4 is 0 Å². The zero-order valence-corrected chi connectivity index (χ0v) is 21.9. The maximum Gasteiger partial charge on any atom is 0.0806 e. The molecular formula is C20H12Cl8N4. The van der Waals surface area contributed by atoms with Gasteiger partial charge in [0.15, 0.2) is 0 Å². The van der Waals surface area contributed by atoms with Crippen LogP contribution >= 0.6 is 92.8 Å². The molecule has 0 amide bonds. The minimum absolute atomic E-state index is 0.367. The first-order valence-electron chi connectivity index (χ1n) is 9.34. The Balaban J connectivity index is 1.70. The van der Waals surface area contributed by atoms with Gasteiger partial charge in [-0.2, -0.15) is 0 Å². The SMILES string of the molecule is Clc1c2[nH]c(c1Cl)Cc1[nH]c(c(Cl)c1Cl)Cc1[nH]c(c(Cl)c1Cl)Cc1[nH]c(c(Cl)c1Cl)C2. The number of aromatic nitrogens is 4. The Morgan fingerprint density at radius 2 is 0.406 bits per heavy atom. The first-order valence-corrected chi connectivity index (χ1v) is 12.4. The molecule has 5 heterocycles. The molecule has 0 saturated heterocycles. The number of aromatic amines is 4. The summed E-state index contributed by atoms with van der Waals surface area (Å²) in [5.41, 5.74) is 5.57. The Bertz CT molecular complexity index is 1070. The summed E-state index contributed by atoms with van der Waals surface area (Å²) in [6.07, 6.45) is 1.47. The van der Waals surface area contributed by atoms with Crippen molar-refractivity contribution in [3.05, 3.63) is 85.7 Å². The van der Waals surface area contributed by atoms with Crippen LogP contribution in [0.3, 0.4) is 0 Å². The van der Waals surface area contributed by atoms with Crippen LogP contribution in [0.4, 0.5) is 0 Å². The summed E-state index contributed by atoms with van der Waals surface area (Å²) in [6.45, 7) is 0. The van der Waals surface area contributed by atoms with Gasteiger partial charge in [0.1, 0.15) is 0 Å². The van der Waals surface area contributed by atoms with Gasteiger partial charge in [-0.1, -0.05) is 92.8 Å². The van der Waals surface area contributed by atoms with Crippen molar-refractivity contribution in [3.63, 3.8) is 0 Å². The molecule has 1 aliphatic rings. The van der Waals surface area contributed by atoms with E-state index in [0.717, 1.165) is 0 Å². The molecule has 32 heavy (non-hydrogen) atoms. The summed E-state index contributed by atoms with van der Waals surface area (Å²) >= 11 is 52.1. The second-order valence-electron chi connectivity index (χ2n) is 7.55. The van der Waals surface area contributed by atoms with Crippen molar-refractivity contribution in [3.8, 4) is 0 Å². The number of rotatable bonds is 0. The molecule has 168 valence electrons. The van der Waals surface area contributed by atoms with Crippen molar-refractivity contribution in [2.45, 2.75) is 25.7 Å². The van der Waals surface area contributed by atoms with Gasteiger partial charge in [-0.05, 0) is 0 Å². The Hall–Kier alpha value is -0.560. The minimum Gasteiger partial charge on any atom is -0.359 e. The summed E-state index contributed by atoms with van der Waals surface area (Å²) in [7, 11) is 0. The van der Waals surface area contributed by atoms with Gasteiger partial charge in [0, 0.05) is 71.2 Å². The van der Waals surface area contributed by atoms with Crippen molar-refractivity contribution in [2.24, 2.45) is 0 Å². The van der Waals surface area contributed by atoms with Crippen LogP contribution in [-0.4, -0.2) is 19.9 Å². The molecule has 0 unspecified atom stereocenters. The zero-order valence-electron chi connectivity index (χ0n) is 15.9. The number of halogens is 8. The third-order valence-electron chi connectivity index (χ3n) is 5.51. The lowest BCUT2D eigenvalue weighted by Gasteiger charge is -2.02. The molecular weight excluding hydrogens is 580 g/mol. The number of hydrogen-bond acceptors (Lipinski definition) is 0. The molecule has 12 heteroatoms. The largest absolute Gasteiger partial charge is 0.359 e. The van der Waals surface area contributed by atoms with Crippen LogP contribution in [0.1, 0.15) is 45.6 Å². The third kappa shape index (κ3) is 3.77. The van der Waals surface area contributed by atoms with Gasteiger partial charge < -0.3 is 19.9 Å². The number of H-pyrrole nitrogens is 4. The van der Waals surface area contributed by atoms with Gasteiger partial charge in [0.25, 0.3) is 0 Å². The monoisotopic (exact) mass is 588 g/mol. The highest BCUT2D eigenvalue weighted by atomic mass is 35.5. The fourth-order valence-corrected chi connectivity index (χ4v) is 5.73. The van der Waals surface area contributed by atoms with Crippen LogP contribution in [0.15, 0.2) is 0 Å². The Morgan fingerprint density at radius 3 is 0.531 bits per heavy atom. The van der Waals surface area contributed by atoms with Crippen LogP contribution in [0.25, 0.3) is 0 Å². The summed E-state index contributed by atoms with van der Waals surface area (Å²) in [5, 5.41) is 3.27. The summed E-state index contributed by atoms with van der Waals surface area (Å²) < 4.78 is 0. The molecule has 5 rings (SSSR count). The van der Waals surface area contributed by atoms with E-state index in [4.69, 9.17) is 92.8 Å². The van der Waals surface area contributed by atoms with E-state index in [2.05, 4.69) is 19.9 Å². The van der Waals surface area contributed by atoms with Crippen molar-refractivity contribution >= 4 is 92.8 Å². The molecule has 1 aliphatic heterocycles. The van der Waals surface area contributed by atoms with E-state index in [9.17, 15) is 0 Å². The molecule has 0 atom stereocenters. The first kappa shape index (κ1) is 23.2. The number of nitrogens with one attached hydrogen (secondary N) is 4. The minimum atomic E-state index is 0.367. The highest BCUT2D eigenvalue weighted by Gasteiger charge is 2.25. The Morgan fingerprint density at radius 1 is 0.281 bits per heavy atom. The standard InChI is InChI=1S/C20H12Cl8N4/c21-13-5-1-6-14(22)16(24)8(30-6)3-10-18(26)20(28)12(32-10)4-11-19(27)17(25)9(31-11)2-7(29-5)15(13)23/h29-32H,1-4H2. The lowest BCUT2D eigenvalue weighted by Crippen LogP contribution is -1.97. The second-order valence-corrected chi connectivity index (χ2v) is 10.6. The summed E-state index contributed by atoms with van der Waals surface area (Å²) in [4.78, 5) is 13.1. The van der Waals surface area contributed by atoms with Crippen molar-refractivity contribution in [1.82, 2.24) is 19.9 Å². The second kappa shape index (κ2) is 8.58. The molecule has 0 saturated carbocycles. The molecule has 0 aliphatic carbocycles. The van der Waals surface area contributed by atoms with Gasteiger partial charge >= 0.3 is 0 Å². The fourth-order valence-electron chi connectivity index (χ4n) is 3.91. The molecule has 0 fully saturated rings. The topological polar surface area (TPSA) is 63.2 Å². The van der Waals surface area contributed by atoms with E-state index in [0.29, 0.717) is 111 Å². The summed E-state index contributed by atoms with van der Waals surface area (Å²) in [5.74, 6) is 0. The number of fused-ring (bicyclic) bond motifs is 8. The van der Waals surface area contributed by atoms with E-state index in [-0.39, 0.29) is 0 Å². The predicted molar refractivity (Wildman–Crippen MR) is 134 cm³/mol. The molecule has 4 nitrogen and oxygen atoms in total. The molecule has 4 aromatic rings. The maximum absolute atomic E-state index is 6.51. The zero-order chi connectivity index (χ0) is 22.9. The van der Waals surface area contributed by atoms with Crippen molar-refractivity contribution in [2.75, 3.05) is 0 Å². The number of hydrogen-bond donors (Lipinski definition) is 4. The van der Waals surface area contributed by atoms with E-state index in [1.807, 2.05) is 0 Å². The van der Waals surface area contributed by atoms with Gasteiger partial charge in [-0.3, -0.25) is 0 Å². The predicted octanol–water partition coefficient (Wildman–Crippen LogP) is 8.90. The Kier molecular flexibility index (Phi) is 6.22. The van der Waals surface area contributed by atoms with Crippen molar-refractivity contribution in [1.29, 1.82) is 0 Å². The van der Waals surface area contributed by atoms with E-state index in [1.54, 1.807) is 0 Å². The lowest BCUT2D eigenvalue weighted by atomic mass is 10.2. The molecule has 8 bridgehead atoms. The van der Waals surface area contributed by atoms with Crippen molar-refractivity contribution < 1.29 is 0 Å². The highest BCUT2D eigenvalue weighted by Crippen LogP contribution is 2.40. The van der Waals surface area contributed by atoms with Crippen LogP contribution in [0, 0.1) is 0 Å². The van der Waals surface area contributed by atoms with Gasteiger partial charge in [-0.15, -0.1) is 0 Å². The van der Waals surface area contributed by atoms with Crippen LogP contribution in [0.2, 0.25) is 40.2 Å². The van der Waals surface area contributed by atoms with E-state index < -0.39 is 0 Å². The lowest BCUT2D eigenvalue weighted by molar-refractivity contribution is 0.947. The van der Waals surface area contributed by atoms with E-state index in [1.165, 1.54) is 0 Å². The van der Waals surface area contributed by atoms with Gasteiger partial charge in [0.05, 0.1) is 40.2 Å². The normalized spacial score (nSPS) is 13.8. The highest BCUT2D eigenvalue weighted by molar-refractivity contribution is 6.45.